The average molecular weight is 260 g/mol. The molecule has 1 atom stereocenters. The molecule has 0 aromatic heterocycles. The summed E-state index contributed by atoms with van der Waals surface area (Å²) < 4.78 is 5.58. The van der Waals surface area contributed by atoms with Crippen molar-refractivity contribution in [2.75, 3.05) is 6.61 Å². The van der Waals surface area contributed by atoms with Crippen LogP contribution in [0.2, 0.25) is 0 Å². The van der Waals surface area contributed by atoms with Crippen LogP contribution in [0, 0.1) is 31.6 Å². The number of aliphatic carboxylic acids is 1. The molecule has 0 amide bonds. The summed E-state index contributed by atoms with van der Waals surface area (Å²) in [6, 6.07) is 5.82. The standard InChI is InChI=1S/C16H20O3/c1-6-9-19-14(16(4,5)15(17)18)13-8-7-11(2)12(3)10-13/h1,7-8,10,14H,9H2,2-5H3,(H,17,18). The fourth-order valence-corrected chi connectivity index (χ4v) is 1.89. The van der Waals surface area contributed by atoms with Gasteiger partial charge < -0.3 is 9.84 Å². The summed E-state index contributed by atoms with van der Waals surface area (Å²) in [5, 5.41) is 9.36. The molecule has 0 heterocycles. The molecule has 0 bridgehead atoms. The number of ether oxygens (including phenoxy) is 1. The highest BCUT2D eigenvalue weighted by Crippen LogP contribution is 2.37. The van der Waals surface area contributed by atoms with Gasteiger partial charge in [0.25, 0.3) is 0 Å². The van der Waals surface area contributed by atoms with E-state index in [2.05, 4.69) is 5.92 Å². The smallest absolute Gasteiger partial charge is 0.312 e. The molecule has 3 heteroatoms. The molecule has 0 aliphatic rings. The third-order valence-electron chi connectivity index (χ3n) is 3.37. The zero-order valence-electron chi connectivity index (χ0n) is 11.9. The van der Waals surface area contributed by atoms with Crippen LogP contribution in [-0.4, -0.2) is 17.7 Å². The van der Waals surface area contributed by atoms with Gasteiger partial charge >= 0.3 is 5.97 Å². The number of terminal acetylenes is 1. The zero-order chi connectivity index (χ0) is 14.6. The second-order valence-electron chi connectivity index (χ2n) is 5.27. The van der Waals surface area contributed by atoms with Gasteiger partial charge in [-0.3, -0.25) is 4.79 Å². The lowest BCUT2D eigenvalue weighted by molar-refractivity contribution is -0.156. The maximum absolute atomic E-state index is 11.4. The van der Waals surface area contributed by atoms with Gasteiger partial charge in [0.05, 0.1) is 11.5 Å². The minimum atomic E-state index is -1.04. The van der Waals surface area contributed by atoms with E-state index in [4.69, 9.17) is 11.2 Å². The first-order valence-electron chi connectivity index (χ1n) is 6.16. The Morgan fingerprint density at radius 1 is 1.42 bits per heavy atom. The van der Waals surface area contributed by atoms with Crippen LogP contribution in [0.15, 0.2) is 18.2 Å². The van der Waals surface area contributed by atoms with Gasteiger partial charge in [0.2, 0.25) is 0 Å². The van der Waals surface area contributed by atoms with Gasteiger partial charge in [0.15, 0.2) is 0 Å². The summed E-state index contributed by atoms with van der Waals surface area (Å²) in [5.41, 5.74) is 2.06. The van der Waals surface area contributed by atoms with E-state index in [0.717, 1.165) is 16.7 Å². The van der Waals surface area contributed by atoms with E-state index in [9.17, 15) is 9.90 Å². The largest absolute Gasteiger partial charge is 0.481 e. The first-order valence-corrected chi connectivity index (χ1v) is 6.16. The number of carboxylic acids is 1. The molecular formula is C16H20O3. The third kappa shape index (κ3) is 3.36. The molecule has 1 unspecified atom stereocenters. The van der Waals surface area contributed by atoms with Crippen molar-refractivity contribution in [3.8, 4) is 12.3 Å². The van der Waals surface area contributed by atoms with Crippen molar-refractivity contribution in [3.63, 3.8) is 0 Å². The van der Waals surface area contributed by atoms with Crippen LogP contribution < -0.4 is 0 Å². The first kappa shape index (κ1) is 15.3. The Morgan fingerprint density at radius 3 is 2.53 bits per heavy atom. The Hall–Kier alpha value is -1.79. The normalized spacial score (nSPS) is 12.8. The second kappa shape index (κ2) is 5.90. The molecule has 1 N–H and O–H groups in total. The van der Waals surface area contributed by atoms with Gasteiger partial charge in [0, 0.05) is 0 Å². The van der Waals surface area contributed by atoms with Crippen molar-refractivity contribution in [3.05, 3.63) is 34.9 Å². The summed E-state index contributed by atoms with van der Waals surface area (Å²) in [5.74, 6) is 1.48. The molecule has 0 saturated heterocycles. The average Bonchev–Trinajstić information content (AvgIpc) is 2.33. The number of benzene rings is 1. The van der Waals surface area contributed by atoms with Crippen molar-refractivity contribution in [1.82, 2.24) is 0 Å². The van der Waals surface area contributed by atoms with E-state index < -0.39 is 17.5 Å². The summed E-state index contributed by atoms with van der Waals surface area (Å²) >= 11 is 0. The molecule has 0 aliphatic heterocycles. The molecule has 1 aromatic rings. The first-order chi connectivity index (χ1) is 8.80. The monoisotopic (exact) mass is 260 g/mol. The molecule has 102 valence electrons. The van der Waals surface area contributed by atoms with Gasteiger partial charge in [-0.05, 0) is 44.4 Å². The Morgan fingerprint density at radius 2 is 2.05 bits per heavy atom. The number of carbonyl (C=O) groups is 1. The molecule has 0 radical (unpaired) electrons. The maximum atomic E-state index is 11.4. The molecule has 0 aliphatic carbocycles. The Kier molecular flexibility index (Phi) is 4.74. The van der Waals surface area contributed by atoms with Crippen LogP contribution in [0.3, 0.4) is 0 Å². The van der Waals surface area contributed by atoms with Crippen LogP contribution in [-0.2, 0) is 9.53 Å². The molecule has 3 nitrogen and oxygen atoms in total. The molecule has 1 aromatic carbocycles. The Bertz CT molecular complexity index is 509. The summed E-state index contributed by atoms with van der Waals surface area (Å²) in [6.07, 6.45) is 4.64. The van der Waals surface area contributed by atoms with Gasteiger partial charge in [-0.15, -0.1) is 6.42 Å². The van der Waals surface area contributed by atoms with Crippen LogP contribution in [0.5, 0.6) is 0 Å². The van der Waals surface area contributed by atoms with E-state index in [1.54, 1.807) is 13.8 Å². The van der Waals surface area contributed by atoms with Crippen molar-refractivity contribution >= 4 is 5.97 Å². The minimum absolute atomic E-state index is 0.0916. The van der Waals surface area contributed by atoms with Crippen molar-refractivity contribution < 1.29 is 14.6 Å². The number of carboxylic acid groups (broad SMARTS) is 1. The molecular weight excluding hydrogens is 240 g/mol. The molecule has 19 heavy (non-hydrogen) atoms. The van der Waals surface area contributed by atoms with E-state index in [1.165, 1.54) is 0 Å². The lowest BCUT2D eigenvalue weighted by Crippen LogP contribution is -2.33. The second-order valence-corrected chi connectivity index (χ2v) is 5.27. The minimum Gasteiger partial charge on any atom is -0.481 e. The molecule has 0 saturated carbocycles. The zero-order valence-corrected chi connectivity index (χ0v) is 11.9. The number of hydrogen-bond acceptors (Lipinski definition) is 2. The summed E-state index contributed by atoms with van der Waals surface area (Å²) in [7, 11) is 0. The Balaban J connectivity index is 3.20. The van der Waals surface area contributed by atoms with E-state index >= 15 is 0 Å². The SMILES string of the molecule is C#CCOC(c1ccc(C)c(C)c1)C(C)(C)C(=O)O. The number of rotatable bonds is 5. The lowest BCUT2D eigenvalue weighted by atomic mass is 9.82. The van der Waals surface area contributed by atoms with E-state index in [0.29, 0.717) is 0 Å². The van der Waals surface area contributed by atoms with E-state index in [1.807, 2.05) is 32.0 Å². The van der Waals surface area contributed by atoms with Gasteiger partial charge in [-0.1, -0.05) is 24.1 Å². The van der Waals surface area contributed by atoms with Gasteiger partial charge in [0.1, 0.15) is 6.61 Å². The number of hydrogen-bond donors (Lipinski definition) is 1. The van der Waals surface area contributed by atoms with E-state index in [-0.39, 0.29) is 6.61 Å². The lowest BCUT2D eigenvalue weighted by Gasteiger charge is -2.30. The van der Waals surface area contributed by atoms with Crippen LogP contribution in [0.4, 0.5) is 0 Å². The highest BCUT2D eigenvalue weighted by atomic mass is 16.5. The van der Waals surface area contributed by atoms with Gasteiger partial charge in [-0.25, -0.2) is 0 Å². The fraction of sp³-hybridized carbons (Fsp3) is 0.438. The van der Waals surface area contributed by atoms with Crippen LogP contribution in [0.25, 0.3) is 0 Å². The third-order valence-corrected chi connectivity index (χ3v) is 3.37. The predicted molar refractivity (Wildman–Crippen MR) is 74.9 cm³/mol. The topological polar surface area (TPSA) is 46.5 Å². The molecule has 0 fully saturated rings. The summed E-state index contributed by atoms with van der Waals surface area (Å²) in [4.78, 5) is 11.4. The van der Waals surface area contributed by atoms with Crippen LogP contribution >= 0.6 is 0 Å². The quantitative estimate of drug-likeness (QED) is 0.827. The highest BCUT2D eigenvalue weighted by Gasteiger charge is 2.38. The Labute approximate surface area is 114 Å². The van der Waals surface area contributed by atoms with Crippen molar-refractivity contribution in [2.24, 2.45) is 5.41 Å². The molecule has 1 rings (SSSR count). The fourth-order valence-electron chi connectivity index (χ4n) is 1.89. The van der Waals surface area contributed by atoms with Crippen LogP contribution in [0.1, 0.15) is 36.6 Å². The summed E-state index contributed by atoms with van der Waals surface area (Å²) in [6.45, 7) is 7.38. The maximum Gasteiger partial charge on any atom is 0.312 e. The van der Waals surface area contributed by atoms with Crippen molar-refractivity contribution in [1.29, 1.82) is 0 Å². The molecule has 0 spiro atoms. The number of aryl methyl sites for hydroxylation is 2. The predicted octanol–water partition coefficient (Wildman–Crippen LogP) is 3.11. The van der Waals surface area contributed by atoms with Gasteiger partial charge in [-0.2, -0.15) is 0 Å². The highest BCUT2D eigenvalue weighted by molar-refractivity contribution is 5.74. The van der Waals surface area contributed by atoms with Crippen molar-refractivity contribution in [2.45, 2.75) is 33.8 Å².